The number of H-pyrrole nitrogens is 1. The molecular weight excluding hydrogens is 406 g/mol. The van der Waals surface area contributed by atoms with Gasteiger partial charge in [-0.05, 0) is 47.0 Å². The van der Waals surface area contributed by atoms with E-state index in [2.05, 4.69) is 114 Å². The molecule has 0 bridgehead atoms. The van der Waals surface area contributed by atoms with Gasteiger partial charge >= 0.3 is 0 Å². The number of rotatable bonds is 2. The highest BCUT2D eigenvalue weighted by atomic mass is 32.1. The summed E-state index contributed by atoms with van der Waals surface area (Å²) in [7, 11) is 0. The molecule has 2 heterocycles. The standard InChI is InChI=1S/C30H19NS/c1-3-13-27-23(9-1)25-12-6-11-22(30(25)31-27)21-8-5-7-19(17-21)20-15-16-29-26(18-20)24-10-2-4-14-28(24)32-29/h1-18,31H. The summed E-state index contributed by atoms with van der Waals surface area (Å²) >= 11 is 1.86. The lowest BCUT2D eigenvalue weighted by molar-refractivity contribution is 1.53. The Labute approximate surface area is 189 Å². The van der Waals surface area contributed by atoms with Gasteiger partial charge in [0.05, 0.1) is 5.52 Å². The van der Waals surface area contributed by atoms with Gasteiger partial charge in [-0.25, -0.2) is 0 Å². The Morgan fingerprint density at radius 3 is 2.16 bits per heavy atom. The van der Waals surface area contributed by atoms with Crippen LogP contribution in [0.4, 0.5) is 0 Å². The maximum absolute atomic E-state index is 3.65. The number of nitrogens with one attached hydrogen (secondary N) is 1. The van der Waals surface area contributed by atoms with Crippen LogP contribution in [0.3, 0.4) is 0 Å². The van der Waals surface area contributed by atoms with Crippen molar-refractivity contribution in [2.75, 3.05) is 0 Å². The van der Waals surface area contributed by atoms with Crippen LogP contribution in [0, 0.1) is 0 Å². The molecule has 0 spiro atoms. The van der Waals surface area contributed by atoms with Crippen LogP contribution in [0.2, 0.25) is 0 Å². The van der Waals surface area contributed by atoms with Gasteiger partial charge in [0, 0.05) is 42.0 Å². The van der Waals surface area contributed by atoms with Gasteiger partial charge in [0.15, 0.2) is 0 Å². The zero-order chi connectivity index (χ0) is 21.1. The second-order valence-electron chi connectivity index (χ2n) is 8.29. The number of aromatic nitrogens is 1. The Bertz CT molecular complexity index is 1780. The van der Waals surface area contributed by atoms with E-state index in [1.165, 1.54) is 64.2 Å². The molecule has 7 rings (SSSR count). The van der Waals surface area contributed by atoms with Gasteiger partial charge in [0.25, 0.3) is 0 Å². The molecule has 7 aromatic rings. The van der Waals surface area contributed by atoms with E-state index in [1.807, 2.05) is 11.3 Å². The largest absolute Gasteiger partial charge is 0.354 e. The lowest BCUT2D eigenvalue weighted by Crippen LogP contribution is -1.83. The molecule has 0 aliphatic rings. The SMILES string of the molecule is c1cc(-c2ccc3sc4ccccc4c3c2)cc(-c2cccc3c2[nH]c2ccccc23)c1. The second-order valence-corrected chi connectivity index (χ2v) is 9.37. The first-order valence-corrected chi connectivity index (χ1v) is 11.7. The van der Waals surface area contributed by atoms with E-state index in [9.17, 15) is 0 Å². The minimum atomic E-state index is 1.18. The normalized spacial score (nSPS) is 11.8. The van der Waals surface area contributed by atoms with Crippen molar-refractivity contribution in [2.45, 2.75) is 0 Å². The maximum Gasteiger partial charge on any atom is 0.0544 e. The van der Waals surface area contributed by atoms with Crippen molar-refractivity contribution < 1.29 is 0 Å². The second kappa shape index (κ2) is 6.81. The maximum atomic E-state index is 3.65. The van der Waals surface area contributed by atoms with E-state index >= 15 is 0 Å². The summed E-state index contributed by atoms with van der Waals surface area (Å²) in [6.07, 6.45) is 0. The molecule has 0 aliphatic carbocycles. The Hall–Kier alpha value is -3.88. The van der Waals surface area contributed by atoms with Crippen molar-refractivity contribution in [3.63, 3.8) is 0 Å². The Morgan fingerprint density at radius 2 is 1.19 bits per heavy atom. The zero-order valence-corrected chi connectivity index (χ0v) is 18.1. The molecule has 0 amide bonds. The quantitative estimate of drug-likeness (QED) is 0.284. The lowest BCUT2D eigenvalue weighted by Gasteiger charge is -2.08. The smallest absolute Gasteiger partial charge is 0.0544 e. The highest BCUT2D eigenvalue weighted by Crippen LogP contribution is 2.38. The first-order valence-electron chi connectivity index (χ1n) is 10.9. The summed E-state index contributed by atoms with van der Waals surface area (Å²) in [5, 5.41) is 5.23. The van der Waals surface area contributed by atoms with Crippen LogP contribution in [0.15, 0.2) is 109 Å². The summed E-state index contributed by atoms with van der Waals surface area (Å²) in [4.78, 5) is 3.65. The molecule has 0 aliphatic heterocycles. The third-order valence-corrected chi connectivity index (χ3v) is 7.58. The van der Waals surface area contributed by atoms with E-state index in [0.717, 1.165) is 0 Å². The summed E-state index contributed by atoms with van der Waals surface area (Å²) in [6, 6.07) is 39.6. The van der Waals surface area contributed by atoms with Crippen LogP contribution in [0.1, 0.15) is 0 Å². The van der Waals surface area contributed by atoms with Gasteiger partial charge < -0.3 is 4.98 Å². The molecule has 2 heteroatoms. The van der Waals surface area contributed by atoms with Crippen molar-refractivity contribution in [1.82, 2.24) is 4.98 Å². The Morgan fingerprint density at radius 1 is 0.469 bits per heavy atom. The molecule has 0 radical (unpaired) electrons. The van der Waals surface area contributed by atoms with Gasteiger partial charge in [-0.1, -0.05) is 78.9 Å². The molecule has 0 fully saturated rings. The van der Waals surface area contributed by atoms with Gasteiger partial charge in [-0.15, -0.1) is 11.3 Å². The number of hydrogen-bond donors (Lipinski definition) is 1. The molecule has 1 nitrogen and oxygen atoms in total. The van der Waals surface area contributed by atoms with Gasteiger partial charge in [0.2, 0.25) is 0 Å². The van der Waals surface area contributed by atoms with Gasteiger partial charge in [-0.3, -0.25) is 0 Å². The summed E-state index contributed by atoms with van der Waals surface area (Å²) in [6.45, 7) is 0. The lowest BCUT2D eigenvalue weighted by atomic mass is 9.97. The monoisotopic (exact) mass is 425 g/mol. The zero-order valence-electron chi connectivity index (χ0n) is 17.3. The molecule has 0 unspecified atom stereocenters. The third kappa shape index (κ3) is 2.63. The minimum absolute atomic E-state index is 1.18. The van der Waals surface area contributed by atoms with E-state index < -0.39 is 0 Å². The fourth-order valence-electron chi connectivity index (χ4n) is 4.89. The topological polar surface area (TPSA) is 15.8 Å². The predicted octanol–water partition coefficient (Wildman–Crippen LogP) is 9.02. The third-order valence-electron chi connectivity index (χ3n) is 6.42. The number of thiophene rings is 1. The van der Waals surface area contributed by atoms with Crippen LogP contribution in [-0.4, -0.2) is 4.98 Å². The predicted molar refractivity (Wildman–Crippen MR) is 140 cm³/mol. The number of hydrogen-bond acceptors (Lipinski definition) is 1. The molecule has 0 saturated heterocycles. The van der Waals surface area contributed by atoms with E-state index in [4.69, 9.17) is 0 Å². The fourth-order valence-corrected chi connectivity index (χ4v) is 5.97. The van der Waals surface area contributed by atoms with Crippen LogP contribution in [-0.2, 0) is 0 Å². The van der Waals surface area contributed by atoms with Gasteiger partial charge in [-0.2, -0.15) is 0 Å². The molecular formula is C30H19NS. The summed E-state index contributed by atoms with van der Waals surface area (Å²) in [5.41, 5.74) is 7.35. The van der Waals surface area contributed by atoms with Crippen molar-refractivity contribution in [2.24, 2.45) is 0 Å². The van der Waals surface area contributed by atoms with Crippen molar-refractivity contribution in [1.29, 1.82) is 0 Å². The van der Waals surface area contributed by atoms with Gasteiger partial charge in [0.1, 0.15) is 0 Å². The number of fused-ring (bicyclic) bond motifs is 6. The van der Waals surface area contributed by atoms with Crippen molar-refractivity contribution in [3.05, 3.63) is 109 Å². The van der Waals surface area contributed by atoms with Crippen LogP contribution >= 0.6 is 11.3 Å². The molecule has 5 aromatic carbocycles. The Balaban J connectivity index is 1.41. The molecule has 0 saturated carbocycles. The molecule has 0 atom stereocenters. The average Bonchev–Trinajstić information content (AvgIpc) is 3.42. The first kappa shape index (κ1) is 17.8. The van der Waals surface area contributed by atoms with E-state index in [1.54, 1.807) is 0 Å². The molecule has 1 N–H and O–H groups in total. The highest BCUT2D eigenvalue weighted by Gasteiger charge is 2.11. The van der Waals surface area contributed by atoms with E-state index in [0.29, 0.717) is 0 Å². The van der Waals surface area contributed by atoms with Crippen molar-refractivity contribution in [3.8, 4) is 22.3 Å². The molecule has 150 valence electrons. The summed E-state index contributed by atoms with van der Waals surface area (Å²) < 4.78 is 2.69. The minimum Gasteiger partial charge on any atom is -0.354 e. The fraction of sp³-hybridized carbons (Fsp3) is 0. The molecule has 32 heavy (non-hydrogen) atoms. The van der Waals surface area contributed by atoms with Crippen LogP contribution in [0.5, 0.6) is 0 Å². The molecule has 2 aromatic heterocycles. The highest BCUT2D eigenvalue weighted by molar-refractivity contribution is 7.25. The number of benzene rings is 5. The van der Waals surface area contributed by atoms with E-state index in [-0.39, 0.29) is 0 Å². The average molecular weight is 426 g/mol. The van der Waals surface area contributed by atoms with Crippen LogP contribution < -0.4 is 0 Å². The number of aromatic amines is 1. The first-order chi connectivity index (χ1) is 15.8. The summed E-state index contributed by atoms with van der Waals surface area (Å²) in [5.74, 6) is 0. The van der Waals surface area contributed by atoms with Crippen LogP contribution in [0.25, 0.3) is 64.2 Å². The van der Waals surface area contributed by atoms with Crippen molar-refractivity contribution >= 4 is 53.3 Å². The number of para-hydroxylation sites is 2. The Kier molecular flexibility index (Phi) is 3.78.